The van der Waals surface area contributed by atoms with Crippen molar-refractivity contribution < 1.29 is 0 Å². The average Bonchev–Trinajstić information content (AvgIpc) is 2.55. The van der Waals surface area contributed by atoms with Crippen LogP contribution in [0.4, 0.5) is 11.4 Å². The Morgan fingerprint density at radius 3 is 2.04 bits per heavy atom. The van der Waals surface area contributed by atoms with Crippen molar-refractivity contribution in [2.24, 2.45) is 4.74 Å². The number of halogens is 2. The Balaban J connectivity index is 2.13. The van der Waals surface area contributed by atoms with Gasteiger partial charge in [0.15, 0.2) is 0 Å². The first-order chi connectivity index (χ1) is 11.2. The van der Waals surface area contributed by atoms with Crippen LogP contribution in [0.2, 0.25) is 0 Å². The first kappa shape index (κ1) is 16.9. The van der Waals surface area contributed by atoms with Crippen LogP contribution in [-0.2, 0) is 0 Å². The molecule has 2 N–H and O–H groups in total. The van der Waals surface area contributed by atoms with E-state index in [-0.39, 0.29) is 0 Å². The Hall–Kier alpha value is -0.930. The topological polar surface area (TPSA) is 39.7 Å². The lowest BCUT2D eigenvalue weighted by Crippen LogP contribution is -2.33. The van der Waals surface area contributed by atoms with Gasteiger partial charge in [-0.3, -0.25) is 4.74 Å². The average molecular weight is 371 g/mol. The maximum absolute atomic E-state index is 6.03. The molecule has 0 amide bonds. The van der Waals surface area contributed by atoms with E-state index in [2.05, 4.69) is 58.2 Å². The molecule has 0 unspecified atom stereocenters. The molecule has 23 heavy (non-hydrogen) atoms. The van der Waals surface area contributed by atoms with Gasteiger partial charge in [0.05, 0.1) is 11.4 Å². The summed E-state index contributed by atoms with van der Waals surface area (Å²) in [5.41, 5.74) is 2.24. The van der Waals surface area contributed by atoms with Gasteiger partial charge in [-0.15, -0.1) is 23.2 Å². The van der Waals surface area contributed by atoms with Crippen molar-refractivity contribution in [2.45, 2.75) is 6.92 Å². The number of nitrogens with one attached hydrogen (secondary N) is 2. The summed E-state index contributed by atoms with van der Waals surface area (Å²) >= 11 is 12.1. The highest BCUT2D eigenvalue weighted by atomic mass is 35.5. The van der Waals surface area contributed by atoms with E-state index in [1.807, 2.05) is 0 Å². The van der Waals surface area contributed by atoms with Gasteiger partial charge < -0.3 is 10.2 Å². The summed E-state index contributed by atoms with van der Waals surface area (Å²) < 4.78 is 7.21. The van der Waals surface area contributed by atoms with E-state index in [1.54, 1.807) is 0 Å². The van der Waals surface area contributed by atoms with Gasteiger partial charge in [0, 0.05) is 36.8 Å². The predicted octanol–water partition coefficient (Wildman–Crippen LogP) is 5.42. The van der Waals surface area contributed by atoms with Crippen LogP contribution in [0.1, 0.15) is 6.92 Å². The van der Waals surface area contributed by atoms with Crippen LogP contribution in [0.3, 0.4) is 0 Å². The second-order valence-electron chi connectivity index (χ2n) is 5.32. The number of alkyl halides is 2. The SMILES string of the molecule is CCN=P1(N(CCCl)CCCl)Nc2cccc3cccc(c23)N1. The van der Waals surface area contributed by atoms with Crippen molar-refractivity contribution in [1.29, 1.82) is 0 Å². The fourth-order valence-corrected chi connectivity index (χ4v) is 6.53. The quantitative estimate of drug-likeness (QED) is 0.526. The largest absolute Gasteiger partial charge is 0.324 e. The zero-order chi connectivity index (χ0) is 16.3. The monoisotopic (exact) mass is 370 g/mol. The summed E-state index contributed by atoms with van der Waals surface area (Å²) in [4.78, 5) is 0. The molecule has 0 aliphatic carbocycles. The van der Waals surface area contributed by atoms with Crippen LogP contribution in [0, 0.1) is 0 Å². The minimum absolute atomic E-state index is 0.549. The van der Waals surface area contributed by atoms with Crippen LogP contribution < -0.4 is 10.2 Å². The molecule has 2 aromatic carbocycles. The van der Waals surface area contributed by atoms with Gasteiger partial charge in [-0.05, 0) is 24.4 Å². The second kappa shape index (κ2) is 7.31. The highest BCUT2D eigenvalue weighted by Crippen LogP contribution is 2.57. The highest BCUT2D eigenvalue weighted by molar-refractivity contribution is 7.67. The number of hydrogen-bond acceptors (Lipinski definition) is 1. The lowest BCUT2D eigenvalue weighted by Gasteiger charge is -2.41. The summed E-state index contributed by atoms with van der Waals surface area (Å²) in [5.74, 6) is 1.10. The third-order valence-corrected chi connectivity index (χ3v) is 7.25. The fraction of sp³-hybridized carbons (Fsp3) is 0.375. The maximum Gasteiger partial charge on any atom is 0.213 e. The van der Waals surface area contributed by atoms with Gasteiger partial charge in [0.1, 0.15) is 0 Å². The summed E-state index contributed by atoms with van der Waals surface area (Å²) in [5, 5.41) is 9.81. The minimum Gasteiger partial charge on any atom is -0.324 e. The van der Waals surface area contributed by atoms with Crippen molar-refractivity contribution in [2.75, 3.05) is 41.6 Å². The smallest absolute Gasteiger partial charge is 0.213 e. The number of hydrogen-bond donors (Lipinski definition) is 2. The zero-order valence-electron chi connectivity index (χ0n) is 13.1. The van der Waals surface area contributed by atoms with Gasteiger partial charge in [-0.1, -0.05) is 24.3 Å². The standard InChI is InChI=1S/C16H21Cl2N4P/c1-2-19-23(22(11-9-17)12-10-18)20-14-7-3-5-13-6-4-8-15(21-23)16(13)14/h3-8,20-21H,2,9-12H2,1H3. The van der Waals surface area contributed by atoms with Crippen LogP contribution >= 0.6 is 30.7 Å². The van der Waals surface area contributed by atoms with Gasteiger partial charge in [-0.2, -0.15) is 0 Å². The molecule has 2 aromatic rings. The molecule has 0 atom stereocenters. The van der Waals surface area contributed by atoms with E-state index >= 15 is 0 Å². The first-order valence-electron chi connectivity index (χ1n) is 7.78. The predicted molar refractivity (Wildman–Crippen MR) is 104 cm³/mol. The molecule has 0 saturated heterocycles. The van der Waals surface area contributed by atoms with Crippen molar-refractivity contribution in [3.8, 4) is 0 Å². The van der Waals surface area contributed by atoms with E-state index in [4.69, 9.17) is 27.9 Å². The van der Waals surface area contributed by atoms with E-state index < -0.39 is 7.51 Å². The molecule has 0 saturated carbocycles. The van der Waals surface area contributed by atoms with Crippen molar-refractivity contribution in [3.63, 3.8) is 0 Å². The van der Waals surface area contributed by atoms with Crippen molar-refractivity contribution >= 4 is 52.9 Å². The lowest BCUT2D eigenvalue weighted by molar-refractivity contribution is 0.508. The second-order valence-corrected chi connectivity index (χ2v) is 8.58. The van der Waals surface area contributed by atoms with Crippen molar-refractivity contribution in [3.05, 3.63) is 36.4 Å². The molecule has 1 heterocycles. The Bertz CT molecular complexity index is 699. The van der Waals surface area contributed by atoms with Crippen LogP contribution in [0.15, 0.2) is 41.1 Å². The Morgan fingerprint density at radius 2 is 1.57 bits per heavy atom. The molecule has 0 bridgehead atoms. The number of anilines is 2. The van der Waals surface area contributed by atoms with Crippen LogP contribution in [0.5, 0.6) is 0 Å². The molecule has 0 fully saturated rings. The third kappa shape index (κ3) is 3.18. The maximum atomic E-state index is 6.03. The zero-order valence-corrected chi connectivity index (χ0v) is 15.5. The summed E-state index contributed by atoms with van der Waals surface area (Å²) in [6.45, 7) is 4.27. The molecule has 0 radical (unpaired) electrons. The van der Waals surface area contributed by atoms with Crippen LogP contribution in [0.25, 0.3) is 10.8 Å². The van der Waals surface area contributed by atoms with E-state index in [1.165, 1.54) is 10.8 Å². The van der Waals surface area contributed by atoms with Crippen LogP contribution in [-0.4, -0.2) is 36.1 Å². The fourth-order valence-electron chi connectivity index (χ4n) is 2.99. The molecule has 0 spiro atoms. The summed E-state index contributed by atoms with van der Waals surface area (Å²) in [7, 11) is -2.14. The van der Waals surface area contributed by atoms with Gasteiger partial charge in [0.25, 0.3) is 0 Å². The molecule has 3 rings (SSSR count). The molecule has 1 aliphatic heterocycles. The molecule has 4 nitrogen and oxygen atoms in total. The van der Waals surface area contributed by atoms with E-state index in [9.17, 15) is 0 Å². The molecule has 7 heteroatoms. The van der Waals surface area contributed by atoms with E-state index in [0.717, 1.165) is 31.0 Å². The Labute approximate surface area is 147 Å². The van der Waals surface area contributed by atoms with Gasteiger partial charge in [-0.25, -0.2) is 4.67 Å². The normalized spacial score (nSPS) is 15.3. The Morgan fingerprint density at radius 1 is 1.00 bits per heavy atom. The summed E-state index contributed by atoms with van der Waals surface area (Å²) in [6.07, 6.45) is 0. The lowest BCUT2D eigenvalue weighted by atomic mass is 10.1. The first-order valence-corrected chi connectivity index (χ1v) is 10.5. The minimum atomic E-state index is -2.14. The van der Waals surface area contributed by atoms with Gasteiger partial charge >= 0.3 is 0 Å². The molecule has 1 aliphatic rings. The molecular formula is C16H21Cl2N4P. The van der Waals surface area contributed by atoms with Crippen molar-refractivity contribution in [1.82, 2.24) is 4.67 Å². The number of benzene rings is 2. The highest BCUT2D eigenvalue weighted by Gasteiger charge is 2.32. The number of nitrogens with zero attached hydrogens (tertiary/aromatic N) is 2. The number of rotatable bonds is 6. The Kier molecular flexibility index (Phi) is 5.38. The molecule has 0 aromatic heterocycles. The summed E-state index contributed by atoms with van der Waals surface area (Å²) in [6, 6.07) is 12.6. The molecule has 124 valence electrons. The third-order valence-electron chi connectivity index (χ3n) is 3.90. The van der Waals surface area contributed by atoms with Gasteiger partial charge in [0.2, 0.25) is 7.51 Å². The van der Waals surface area contributed by atoms with E-state index in [0.29, 0.717) is 11.8 Å². The molecular weight excluding hydrogens is 350 g/mol.